The van der Waals surface area contributed by atoms with Crippen LogP contribution in [0.4, 0.5) is 0 Å². The van der Waals surface area contributed by atoms with Gasteiger partial charge >= 0.3 is 0 Å². The lowest BCUT2D eigenvalue weighted by Crippen LogP contribution is -2.30. The first kappa shape index (κ1) is 11.1. The summed E-state index contributed by atoms with van der Waals surface area (Å²) in [5.74, 6) is 2.34. The molecular formula is C15H20O2. The fourth-order valence-electron chi connectivity index (χ4n) is 3.60. The molecule has 3 rings (SSSR count). The van der Waals surface area contributed by atoms with Gasteiger partial charge in [-0.3, -0.25) is 0 Å². The highest BCUT2D eigenvalue weighted by atomic mass is 16.5. The monoisotopic (exact) mass is 232 g/mol. The Balaban J connectivity index is 1.91. The number of aliphatic hydroxyl groups is 1. The van der Waals surface area contributed by atoms with Crippen molar-refractivity contribution in [1.29, 1.82) is 0 Å². The van der Waals surface area contributed by atoms with Crippen LogP contribution in [0.25, 0.3) is 0 Å². The number of fused-ring (bicyclic) bond motifs is 3. The number of aliphatic hydroxyl groups excluding tert-OH is 1. The summed E-state index contributed by atoms with van der Waals surface area (Å²) in [7, 11) is 1.73. The molecule has 0 bridgehead atoms. The molecule has 0 aliphatic heterocycles. The number of methoxy groups -OCH3 is 1. The Bertz CT molecular complexity index is 413. The topological polar surface area (TPSA) is 29.5 Å². The molecule has 1 N–H and O–H groups in total. The molecule has 92 valence electrons. The summed E-state index contributed by atoms with van der Waals surface area (Å²) < 4.78 is 5.29. The highest BCUT2D eigenvalue weighted by Gasteiger charge is 2.34. The fraction of sp³-hybridized carbons (Fsp3) is 0.600. The van der Waals surface area contributed by atoms with Gasteiger partial charge in [0.1, 0.15) is 5.75 Å². The molecule has 2 aliphatic rings. The van der Waals surface area contributed by atoms with Crippen LogP contribution >= 0.6 is 0 Å². The lowest BCUT2D eigenvalue weighted by Gasteiger charge is -2.39. The van der Waals surface area contributed by atoms with E-state index in [1.807, 2.05) is 0 Å². The molecule has 1 aromatic rings. The van der Waals surface area contributed by atoms with Crippen LogP contribution in [0.2, 0.25) is 0 Å². The van der Waals surface area contributed by atoms with Gasteiger partial charge in [0.2, 0.25) is 0 Å². The summed E-state index contributed by atoms with van der Waals surface area (Å²) >= 11 is 0. The summed E-state index contributed by atoms with van der Waals surface area (Å²) in [6.07, 6.45) is 5.41. The lowest BCUT2D eigenvalue weighted by atomic mass is 9.67. The highest BCUT2D eigenvalue weighted by Crippen LogP contribution is 2.45. The summed E-state index contributed by atoms with van der Waals surface area (Å²) in [5, 5.41) is 9.76. The molecule has 2 heteroatoms. The van der Waals surface area contributed by atoms with Crippen molar-refractivity contribution in [3.63, 3.8) is 0 Å². The van der Waals surface area contributed by atoms with Gasteiger partial charge in [-0.1, -0.05) is 6.07 Å². The summed E-state index contributed by atoms with van der Waals surface area (Å²) in [6.45, 7) is 0. The maximum atomic E-state index is 9.76. The van der Waals surface area contributed by atoms with Crippen molar-refractivity contribution in [2.24, 2.45) is 5.92 Å². The van der Waals surface area contributed by atoms with E-state index in [-0.39, 0.29) is 6.10 Å². The average molecular weight is 232 g/mol. The molecule has 0 amide bonds. The van der Waals surface area contributed by atoms with Gasteiger partial charge in [0.15, 0.2) is 0 Å². The van der Waals surface area contributed by atoms with Gasteiger partial charge in [-0.2, -0.15) is 0 Å². The largest absolute Gasteiger partial charge is 0.497 e. The Hall–Kier alpha value is -1.02. The molecule has 0 aromatic heterocycles. The smallest absolute Gasteiger partial charge is 0.119 e. The second-order valence-electron chi connectivity index (χ2n) is 5.44. The van der Waals surface area contributed by atoms with Gasteiger partial charge in [0.25, 0.3) is 0 Å². The zero-order valence-corrected chi connectivity index (χ0v) is 10.4. The number of rotatable bonds is 1. The predicted octanol–water partition coefficient (Wildman–Crippen LogP) is 2.89. The Morgan fingerprint density at radius 2 is 2.12 bits per heavy atom. The van der Waals surface area contributed by atoms with E-state index in [1.54, 1.807) is 7.11 Å². The molecular weight excluding hydrogens is 212 g/mol. The van der Waals surface area contributed by atoms with Crippen LogP contribution in [0.3, 0.4) is 0 Å². The molecule has 0 unspecified atom stereocenters. The second kappa shape index (κ2) is 4.34. The van der Waals surface area contributed by atoms with Gasteiger partial charge in [-0.05, 0) is 67.2 Å². The number of benzene rings is 1. The fourth-order valence-corrected chi connectivity index (χ4v) is 3.60. The molecule has 1 fully saturated rings. The van der Waals surface area contributed by atoms with Crippen LogP contribution in [-0.2, 0) is 6.42 Å². The van der Waals surface area contributed by atoms with Crippen molar-refractivity contribution in [2.75, 3.05) is 7.11 Å². The third-order valence-electron chi connectivity index (χ3n) is 4.49. The molecule has 0 saturated heterocycles. The summed E-state index contributed by atoms with van der Waals surface area (Å²) in [4.78, 5) is 0. The molecule has 17 heavy (non-hydrogen) atoms. The van der Waals surface area contributed by atoms with Crippen LogP contribution in [0, 0.1) is 5.92 Å². The quantitative estimate of drug-likeness (QED) is 0.806. The van der Waals surface area contributed by atoms with E-state index in [9.17, 15) is 5.11 Å². The van der Waals surface area contributed by atoms with Crippen molar-refractivity contribution in [3.05, 3.63) is 29.3 Å². The first-order chi connectivity index (χ1) is 8.28. The summed E-state index contributed by atoms with van der Waals surface area (Å²) in [6, 6.07) is 6.51. The van der Waals surface area contributed by atoms with E-state index in [4.69, 9.17) is 4.74 Å². The van der Waals surface area contributed by atoms with Crippen molar-refractivity contribution in [2.45, 2.75) is 44.1 Å². The molecule has 0 radical (unpaired) electrons. The van der Waals surface area contributed by atoms with E-state index in [0.29, 0.717) is 11.8 Å². The second-order valence-corrected chi connectivity index (χ2v) is 5.44. The molecule has 0 spiro atoms. The van der Waals surface area contributed by atoms with E-state index < -0.39 is 0 Å². The third kappa shape index (κ3) is 1.95. The van der Waals surface area contributed by atoms with Gasteiger partial charge in [-0.15, -0.1) is 0 Å². The Labute approximate surface area is 103 Å². The van der Waals surface area contributed by atoms with Gasteiger partial charge < -0.3 is 9.84 Å². The minimum Gasteiger partial charge on any atom is -0.497 e. The van der Waals surface area contributed by atoms with Crippen molar-refractivity contribution >= 4 is 0 Å². The van der Waals surface area contributed by atoms with Crippen LogP contribution in [0.15, 0.2) is 18.2 Å². The van der Waals surface area contributed by atoms with Crippen LogP contribution in [-0.4, -0.2) is 18.3 Å². The van der Waals surface area contributed by atoms with Crippen LogP contribution < -0.4 is 4.74 Å². The molecule has 0 heterocycles. The highest BCUT2D eigenvalue weighted by molar-refractivity contribution is 5.40. The van der Waals surface area contributed by atoms with Crippen molar-refractivity contribution < 1.29 is 9.84 Å². The lowest BCUT2D eigenvalue weighted by molar-refractivity contribution is 0.0828. The Morgan fingerprint density at radius 1 is 1.24 bits per heavy atom. The number of ether oxygens (including phenoxy) is 1. The van der Waals surface area contributed by atoms with Gasteiger partial charge in [0.05, 0.1) is 13.2 Å². The molecule has 1 saturated carbocycles. The van der Waals surface area contributed by atoms with Crippen molar-refractivity contribution in [3.8, 4) is 5.75 Å². The van der Waals surface area contributed by atoms with Gasteiger partial charge in [0, 0.05) is 0 Å². The normalized spacial score (nSPS) is 31.5. The van der Waals surface area contributed by atoms with E-state index in [0.717, 1.165) is 31.4 Å². The predicted molar refractivity (Wildman–Crippen MR) is 67.4 cm³/mol. The minimum absolute atomic E-state index is 0.0592. The summed E-state index contributed by atoms with van der Waals surface area (Å²) in [5.41, 5.74) is 2.97. The SMILES string of the molecule is COc1ccc2c(c1)CC[C@@H]1C[C@@H](O)CC[C@H]21. The maximum Gasteiger partial charge on any atom is 0.119 e. The third-order valence-corrected chi connectivity index (χ3v) is 4.49. The van der Waals surface area contributed by atoms with E-state index in [2.05, 4.69) is 18.2 Å². The Kier molecular flexibility index (Phi) is 2.83. The van der Waals surface area contributed by atoms with E-state index >= 15 is 0 Å². The average Bonchev–Trinajstić information content (AvgIpc) is 2.37. The first-order valence-corrected chi connectivity index (χ1v) is 6.63. The Morgan fingerprint density at radius 3 is 2.94 bits per heavy atom. The number of hydrogen-bond donors (Lipinski definition) is 1. The van der Waals surface area contributed by atoms with E-state index in [1.165, 1.54) is 17.5 Å². The molecule has 2 nitrogen and oxygen atoms in total. The molecule has 2 aliphatic carbocycles. The minimum atomic E-state index is -0.0592. The van der Waals surface area contributed by atoms with Gasteiger partial charge in [-0.25, -0.2) is 0 Å². The van der Waals surface area contributed by atoms with Crippen molar-refractivity contribution in [1.82, 2.24) is 0 Å². The molecule has 1 aromatic carbocycles. The standard InChI is InChI=1S/C15H20O2/c1-17-13-5-7-15-11(9-13)3-2-10-8-12(16)4-6-14(10)15/h5,7,9-10,12,14,16H,2-4,6,8H2,1H3/t10-,12+,14+/m1/s1. The first-order valence-electron chi connectivity index (χ1n) is 6.63. The van der Waals surface area contributed by atoms with Crippen LogP contribution in [0.5, 0.6) is 5.75 Å². The maximum absolute atomic E-state index is 9.76. The van der Waals surface area contributed by atoms with Crippen LogP contribution in [0.1, 0.15) is 42.7 Å². The zero-order chi connectivity index (χ0) is 11.8. The molecule has 3 atom stereocenters. The number of aryl methyl sites for hydroxylation is 1. The zero-order valence-electron chi connectivity index (χ0n) is 10.4. The number of hydrogen-bond acceptors (Lipinski definition) is 2.